The Bertz CT molecular complexity index is 338. The molecule has 0 aliphatic heterocycles. The molecule has 0 radical (unpaired) electrons. The number of nitriles is 1. The normalized spacial score (nSPS) is 12.3. The monoisotopic (exact) mass is 236 g/mol. The van der Waals surface area contributed by atoms with Crippen molar-refractivity contribution in [2.75, 3.05) is 6.54 Å². The Morgan fingerprint density at radius 2 is 2.25 bits per heavy atom. The standard InChI is InChI=1S/C13H20N2S/c1-11(15-9-5-3-4-8-14)10-13-7-6-12(2)16-13/h6-7,11,15H,3-5,9-10H2,1-2H3. The van der Waals surface area contributed by atoms with Crippen LogP contribution in [0.3, 0.4) is 0 Å². The lowest BCUT2D eigenvalue weighted by Crippen LogP contribution is -2.28. The maximum absolute atomic E-state index is 8.40. The Kier molecular flexibility index (Phi) is 6.14. The van der Waals surface area contributed by atoms with Crippen LogP contribution in [0.5, 0.6) is 0 Å². The van der Waals surface area contributed by atoms with Gasteiger partial charge in [-0.15, -0.1) is 11.3 Å². The topological polar surface area (TPSA) is 35.8 Å². The van der Waals surface area contributed by atoms with Gasteiger partial charge in [0.2, 0.25) is 0 Å². The average Bonchev–Trinajstić information content (AvgIpc) is 2.63. The van der Waals surface area contributed by atoms with E-state index in [4.69, 9.17) is 5.26 Å². The lowest BCUT2D eigenvalue weighted by atomic mass is 10.2. The van der Waals surface area contributed by atoms with E-state index in [1.165, 1.54) is 9.75 Å². The van der Waals surface area contributed by atoms with Crippen LogP contribution in [0, 0.1) is 18.3 Å². The lowest BCUT2D eigenvalue weighted by Gasteiger charge is -2.12. The predicted octanol–water partition coefficient (Wildman–Crippen LogP) is 3.27. The van der Waals surface area contributed by atoms with E-state index >= 15 is 0 Å². The van der Waals surface area contributed by atoms with Crippen molar-refractivity contribution in [2.45, 2.75) is 45.6 Å². The molecule has 1 heterocycles. The molecule has 0 amide bonds. The van der Waals surface area contributed by atoms with E-state index in [-0.39, 0.29) is 0 Å². The molecule has 1 atom stereocenters. The van der Waals surface area contributed by atoms with Gasteiger partial charge in [0.05, 0.1) is 6.07 Å². The molecule has 0 saturated heterocycles. The van der Waals surface area contributed by atoms with Crippen LogP contribution in [-0.4, -0.2) is 12.6 Å². The summed E-state index contributed by atoms with van der Waals surface area (Å²) >= 11 is 1.88. The molecular formula is C13H20N2S. The first-order valence-electron chi connectivity index (χ1n) is 5.88. The van der Waals surface area contributed by atoms with Gasteiger partial charge in [0.25, 0.3) is 0 Å². The largest absolute Gasteiger partial charge is 0.314 e. The van der Waals surface area contributed by atoms with Crippen LogP contribution in [0.2, 0.25) is 0 Å². The summed E-state index contributed by atoms with van der Waals surface area (Å²) < 4.78 is 0. The van der Waals surface area contributed by atoms with E-state index in [0.29, 0.717) is 12.5 Å². The second kappa shape index (κ2) is 7.43. The highest BCUT2D eigenvalue weighted by Crippen LogP contribution is 2.16. The van der Waals surface area contributed by atoms with Gasteiger partial charge in [-0.3, -0.25) is 0 Å². The summed E-state index contributed by atoms with van der Waals surface area (Å²) in [7, 11) is 0. The molecule has 2 nitrogen and oxygen atoms in total. The Morgan fingerprint density at radius 3 is 2.88 bits per heavy atom. The molecule has 1 N–H and O–H groups in total. The fourth-order valence-electron chi connectivity index (χ4n) is 1.65. The van der Waals surface area contributed by atoms with Crippen LogP contribution < -0.4 is 5.32 Å². The summed E-state index contributed by atoms with van der Waals surface area (Å²) in [5.74, 6) is 0. The molecule has 0 aliphatic carbocycles. The highest BCUT2D eigenvalue weighted by Gasteiger charge is 2.04. The van der Waals surface area contributed by atoms with Gasteiger partial charge in [-0.25, -0.2) is 0 Å². The molecule has 0 spiro atoms. The van der Waals surface area contributed by atoms with Gasteiger partial charge >= 0.3 is 0 Å². The molecule has 1 unspecified atom stereocenters. The van der Waals surface area contributed by atoms with Crippen LogP contribution in [0.4, 0.5) is 0 Å². The van der Waals surface area contributed by atoms with Crippen molar-refractivity contribution >= 4 is 11.3 Å². The van der Waals surface area contributed by atoms with Gasteiger partial charge < -0.3 is 5.32 Å². The van der Waals surface area contributed by atoms with Crippen molar-refractivity contribution in [2.24, 2.45) is 0 Å². The number of hydrogen-bond donors (Lipinski definition) is 1. The SMILES string of the molecule is Cc1ccc(CC(C)NCCCCC#N)s1. The summed E-state index contributed by atoms with van der Waals surface area (Å²) in [6.07, 6.45) is 3.90. The van der Waals surface area contributed by atoms with Crippen molar-refractivity contribution < 1.29 is 0 Å². The maximum Gasteiger partial charge on any atom is 0.0621 e. The smallest absolute Gasteiger partial charge is 0.0621 e. The third-order valence-electron chi connectivity index (χ3n) is 2.51. The Balaban J connectivity index is 2.11. The van der Waals surface area contributed by atoms with Crippen LogP contribution >= 0.6 is 11.3 Å². The Hall–Kier alpha value is -0.850. The van der Waals surface area contributed by atoms with Gasteiger partial charge in [0.1, 0.15) is 0 Å². The second-order valence-corrected chi connectivity index (χ2v) is 5.56. The molecule has 0 aliphatic rings. The van der Waals surface area contributed by atoms with Crippen molar-refractivity contribution in [1.29, 1.82) is 5.26 Å². The molecule has 1 aromatic rings. The summed E-state index contributed by atoms with van der Waals surface area (Å²) in [5.41, 5.74) is 0. The highest BCUT2D eigenvalue weighted by molar-refractivity contribution is 7.11. The molecule has 16 heavy (non-hydrogen) atoms. The summed E-state index contributed by atoms with van der Waals surface area (Å²) in [5, 5.41) is 11.9. The molecule has 0 aromatic carbocycles. The van der Waals surface area contributed by atoms with E-state index in [0.717, 1.165) is 25.8 Å². The number of nitrogens with zero attached hydrogens (tertiary/aromatic N) is 1. The molecule has 1 aromatic heterocycles. The van der Waals surface area contributed by atoms with Crippen LogP contribution in [0.15, 0.2) is 12.1 Å². The fourth-order valence-corrected chi connectivity index (χ4v) is 2.67. The second-order valence-electron chi connectivity index (χ2n) is 4.19. The first-order chi connectivity index (χ1) is 7.72. The molecule has 0 saturated carbocycles. The zero-order chi connectivity index (χ0) is 11.8. The van der Waals surface area contributed by atoms with E-state index < -0.39 is 0 Å². The number of nitrogens with one attached hydrogen (secondary N) is 1. The molecule has 0 fully saturated rings. The Morgan fingerprint density at radius 1 is 1.44 bits per heavy atom. The van der Waals surface area contributed by atoms with Crippen LogP contribution in [0.1, 0.15) is 35.9 Å². The van der Waals surface area contributed by atoms with Crippen LogP contribution in [0.25, 0.3) is 0 Å². The van der Waals surface area contributed by atoms with Crippen molar-refractivity contribution in [3.05, 3.63) is 21.9 Å². The minimum atomic E-state index is 0.528. The van der Waals surface area contributed by atoms with Gasteiger partial charge in [-0.05, 0) is 51.8 Å². The van der Waals surface area contributed by atoms with Crippen LogP contribution in [-0.2, 0) is 6.42 Å². The third-order valence-corrected chi connectivity index (χ3v) is 3.53. The van der Waals surface area contributed by atoms with E-state index in [2.05, 4.69) is 37.4 Å². The summed E-state index contributed by atoms with van der Waals surface area (Å²) in [4.78, 5) is 2.84. The summed E-state index contributed by atoms with van der Waals surface area (Å²) in [6.45, 7) is 5.39. The van der Waals surface area contributed by atoms with Gasteiger partial charge in [-0.1, -0.05) is 0 Å². The number of rotatable bonds is 7. The molecule has 1 rings (SSSR count). The summed E-state index contributed by atoms with van der Waals surface area (Å²) in [6, 6.07) is 7.10. The fraction of sp³-hybridized carbons (Fsp3) is 0.615. The van der Waals surface area contributed by atoms with Crippen molar-refractivity contribution in [1.82, 2.24) is 5.32 Å². The van der Waals surface area contributed by atoms with E-state index in [1.807, 2.05) is 11.3 Å². The predicted molar refractivity (Wildman–Crippen MR) is 69.7 cm³/mol. The lowest BCUT2D eigenvalue weighted by molar-refractivity contribution is 0.529. The number of thiophene rings is 1. The average molecular weight is 236 g/mol. The van der Waals surface area contributed by atoms with E-state index in [9.17, 15) is 0 Å². The zero-order valence-electron chi connectivity index (χ0n) is 10.1. The quantitative estimate of drug-likeness (QED) is 0.738. The molecular weight excluding hydrogens is 216 g/mol. The first kappa shape index (κ1) is 13.2. The third kappa shape index (κ3) is 5.29. The number of aryl methyl sites for hydroxylation is 1. The van der Waals surface area contributed by atoms with Crippen molar-refractivity contribution in [3.8, 4) is 6.07 Å². The molecule has 88 valence electrons. The molecule has 3 heteroatoms. The van der Waals surface area contributed by atoms with Gasteiger partial charge in [0, 0.05) is 22.2 Å². The molecule has 0 bridgehead atoms. The number of unbranched alkanes of at least 4 members (excludes halogenated alkanes) is 2. The minimum Gasteiger partial charge on any atom is -0.314 e. The number of hydrogen-bond acceptors (Lipinski definition) is 3. The first-order valence-corrected chi connectivity index (χ1v) is 6.69. The highest BCUT2D eigenvalue weighted by atomic mass is 32.1. The van der Waals surface area contributed by atoms with Crippen molar-refractivity contribution in [3.63, 3.8) is 0 Å². The maximum atomic E-state index is 8.40. The minimum absolute atomic E-state index is 0.528. The van der Waals surface area contributed by atoms with Gasteiger partial charge in [-0.2, -0.15) is 5.26 Å². The van der Waals surface area contributed by atoms with Gasteiger partial charge in [0.15, 0.2) is 0 Å². The zero-order valence-corrected chi connectivity index (χ0v) is 10.9. The Labute approximate surface area is 102 Å². The van der Waals surface area contributed by atoms with E-state index in [1.54, 1.807) is 0 Å².